The average molecular weight is 240 g/mol. The Labute approximate surface area is 89.4 Å². The lowest BCUT2D eigenvalue weighted by Crippen LogP contribution is -2.52. The number of aliphatic carboxylic acids is 1. The van der Waals surface area contributed by atoms with Gasteiger partial charge in [-0.15, -0.1) is 0 Å². The molecule has 0 unspecified atom stereocenters. The molecule has 0 atom stereocenters. The summed E-state index contributed by atoms with van der Waals surface area (Å²) in [5, 5.41) is 8.40. The van der Waals surface area contributed by atoms with Crippen molar-refractivity contribution in [3.05, 3.63) is 0 Å². The van der Waals surface area contributed by atoms with Crippen molar-refractivity contribution in [2.75, 3.05) is 32.7 Å². The molecule has 8 heteroatoms. The Balaban J connectivity index is 2.40. The van der Waals surface area contributed by atoms with Gasteiger partial charge in [0.2, 0.25) is 0 Å². The molecule has 0 aromatic rings. The summed E-state index contributed by atoms with van der Waals surface area (Å²) in [6.45, 7) is -0.915. The van der Waals surface area contributed by atoms with Crippen LogP contribution in [-0.4, -0.2) is 65.7 Å². The molecule has 0 saturated carbocycles. The van der Waals surface area contributed by atoms with Gasteiger partial charge in [0.05, 0.1) is 6.54 Å². The minimum atomic E-state index is -4.26. The normalized spacial score (nSPS) is 18.6. The molecule has 0 bridgehead atoms. The van der Waals surface area contributed by atoms with E-state index in [0.29, 0.717) is 0 Å². The fraction of sp³-hybridized carbons (Fsp3) is 0.750. The second-order valence-corrected chi connectivity index (χ2v) is 3.49. The van der Waals surface area contributed by atoms with E-state index in [4.69, 9.17) is 5.11 Å². The first kappa shape index (κ1) is 12.8. The molecule has 1 fully saturated rings. The first-order valence-corrected chi connectivity index (χ1v) is 4.61. The van der Waals surface area contributed by atoms with E-state index < -0.39 is 24.6 Å². The maximum absolute atomic E-state index is 12.0. The molecule has 92 valence electrons. The second-order valence-electron chi connectivity index (χ2n) is 3.49. The molecular formula is C8H11F3N2O3. The summed E-state index contributed by atoms with van der Waals surface area (Å²) in [7, 11) is 0. The van der Waals surface area contributed by atoms with Crippen LogP contribution in [0.15, 0.2) is 0 Å². The molecule has 1 amide bonds. The Morgan fingerprint density at radius 3 is 2.00 bits per heavy atom. The van der Waals surface area contributed by atoms with Gasteiger partial charge in [-0.25, -0.2) is 4.79 Å². The highest BCUT2D eigenvalue weighted by molar-refractivity contribution is 6.31. The average Bonchev–Trinajstić information content (AvgIpc) is 2.15. The van der Waals surface area contributed by atoms with Gasteiger partial charge in [0.15, 0.2) is 0 Å². The monoisotopic (exact) mass is 240 g/mol. The Kier molecular flexibility index (Phi) is 3.74. The van der Waals surface area contributed by atoms with E-state index in [1.807, 2.05) is 0 Å². The Hall–Kier alpha value is -1.31. The molecular weight excluding hydrogens is 229 g/mol. The summed E-state index contributed by atoms with van der Waals surface area (Å²) in [4.78, 5) is 23.5. The Morgan fingerprint density at radius 2 is 1.62 bits per heavy atom. The van der Waals surface area contributed by atoms with E-state index in [2.05, 4.69) is 0 Å². The first-order chi connectivity index (χ1) is 7.29. The quantitative estimate of drug-likeness (QED) is 0.643. The van der Waals surface area contributed by atoms with Crippen molar-refractivity contribution in [3.8, 4) is 0 Å². The number of alkyl halides is 3. The fourth-order valence-corrected chi connectivity index (χ4v) is 1.50. The third kappa shape index (κ3) is 3.69. The molecule has 0 aliphatic carbocycles. The summed E-state index contributed by atoms with van der Waals surface area (Å²) in [5.74, 6) is -2.64. The van der Waals surface area contributed by atoms with Crippen molar-refractivity contribution >= 4 is 11.9 Å². The lowest BCUT2D eigenvalue weighted by molar-refractivity contribution is -0.160. The van der Waals surface area contributed by atoms with E-state index in [1.165, 1.54) is 0 Å². The maximum atomic E-state index is 12.0. The number of nitrogens with zero attached hydrogens (tertiary/aromatic N) is 2. The van der Waals surface area contributed by atoms with Gasteiger partial charge >= 0.3 is 18.1 Å². The maximum Gasteiger partial charge on any atom is 0.401 e. The lowest BCUT2D eigenvalue weighted by atomic mass is 10.3. The number of carbonyl (C=O) groups is 2. The predicted molar refractivity (Wildman–Crippen MR) is 46.7 cm³/mol. The van der Waals surface area contributed by atoms with Crippen molar-refractivity contribution in [3.63, 3.8) is 0 Å². The Bertz CT molecular complexity index is 285. The lowest BCUT2D eigenvalue weighted by Gasteiger charge is -2.34. The highest BCUT2D eigenvalue weighted by Crippen LogP contribution is 2.17. The zero-order valence-corrected chi connectivity index (χ0v) is 8.33. The van der Waals surface area contributed by atoms with E-state index >= 15 is 0 Å². The number of carboxylic acids is 1. The smallest absolute Gasteiger partial charge is 0.401 e. The van der Waals surface area contributed by atoms with Gasteiger partial charge in [-0.2, -0.15) is 13.2 Å². The van der Waals surface area contributed by atoms with Gasteiger partial charge in [-0.05, 0) is 0 Å². The van der Waals surface area contributed by atoms with Gasteiger partial charge in [0.1, 0.15) is 0 Å². The molecule has 1 heterocycles. The van der Waals surface area contributed by atoms with E-state index in [9.17, 15) is 22.8 Å². The summed E-state index contributed by atoms with van der Waals surface area (Å²) in [5.41, 5.74) is 0. The summed E-state index contributed by atoms with van der Waals surface area (Å²) in [6, 6.07) is 0. The number of carboxylic acid groups (broad SMARTS) is 1. The molecule has 1 aliphatic heterocycles. The number of carbonyl (C=O) groups excluding carboxylic acids is 1. The van der Waals surface area contributed by atoms with Crippen LogP contribution < -0.4 is 0 Å². The molecule has 5 nitrogen and oxygen atoms in total. The predicted octanol–water partition coefficient (Wildman–Crippen LogP) is -0.223. The molecule has 1 N–H and O–H groups in total. The summed E-state index contributed by atoms with van der Waals surface area (Å²) < 4.78 is 36.0. The van der Waals surface area contributed by atoms with Crippen LogP contribution in [0.3, 0.4) is 0 Å². The van der Waals surface area contributed by atoms with Crippen LogP contribution in [0.2, 0.25) is 0 Å². The van der Waals surface area contributed by atoms with Gasteiger partial charge in [0, 0.05) is 26.2 Å². The number of amides is 1. The minimum absolute atomic E-state index is 0.0151. The molecule has 1 aliphatic rings. The van der Waals surface area contributed by atoms with Crippen molar-refractivity contribution < 1.29 is 27.9 Å². The minimum Gasteiger partial charge on any atom is -0.474 e. The van der Waals surface area contributed by atoms with Crippen molar-refractivity contribution in [2.24, 2.45) is 0 Å². The Morgan fingerprint density at radius 1 is 1.12 bits per heavy atom. The zero-order chi connectivity index (χ0) is 12.3. The molecule has 0 radical (unpaired) electrons. The third-order valence-electron chi connectivity index (χ3n) is 2.25. The van der Waals surface area contributed by atoms with Crippen LogP contribution in [0.5, 0.6) is 0 Å². The van der Waals surface area contributed by atoms with Crippen molar-refractivity contribution in [1.29, 1.82) is 0 Å². The van der Waals surface area contributed by atoms with Crippen LogP contribution in [0.4, 0.5) is 13.2 Å². The molecule has 0 spiro atoms. The van der Waals surface area contributed by atoms with Crippen LogP contribution in [-0.2, 0) is 9.59 Å². The van der Waals surface area contributed by atoms with Crippen LogP contribution in [0.1, 0.15) is 0 Å². The summed E-state index contributed by atoms with van der Waals surface area (Å²) >= 11 is 0. The molecule has 1 saturated heterocycles. The van der Waals surface area contributed by atoms with Crippen LogP contribution in [0, 0.1) is 0 Å². The molecule has 1 rings (SSSR count). The van der Waals surface area contributed by atoms with Crippen molar-refractivity contribution in [2.45, 2.75) is 6.18 Å². The molecule has 0 aromatic heterocycles. The van der Waals surface area contributed by atoms with E-state index in [0.717, 1.165) is 9.80 Å². The summed E-state index contributed by atoms with van der Waals surface area (Å²) in [6.07, 6.45) is -4.26. The topological polar surface area (TPSA) is 60.9 Å². The van der Waals surface area contributed by atoms with Gasteiger partial charge in [-0.1, -0.05) is 0 Å². The van der Waals surface area contributed by atoms with Gasteiger partial charge in [0.25, 0.3) is 0 Å². The fourth-order valence-electron chi connectivity index (χ4n) is 1.50. The molecule has 16 heavy (non-hydrogen) atoms. The highest BCUT2D eigenvalue weighted by Gasteiger charge is 2.33. The van der Waals surface area contributed by atoms with E-state index in [1.54, 1.807) is 0 Å². The van der Waals surface area contributed by atoms with Gasteiger partial charge < -0.3 is 10.0 Å². The first-order valence-electron chi connectivity index (χ1n) is 4.61. The standard InChI is InChI=1S/C8H11F3N2O3/c9-8(10,11)5-12-1-3-13(4-2-12)6(14)7(15)16/h1-5H2,(H,15,16). The van der Waals surface area contributed by atoms with Gasteiger partial charge in [-0.3, -0.25) is 9.69 Å². The number of hydrogen-bond donors (Lipinski definition) is 1. The number of piperazine rings is 1. The van der Waals surface area contributed by atoms with Crippen LogP contribution >= 0.6 is 0 Å². The SMILES string of the molecule is O=C(O)C(=O)N1CCN(CC(F)(F)F)CC1. The second kappa shape index (κ2) is 4.69. The number of rotatable bonds is 1. The number of hydrogen-bond acceptors (Lipinski definition) is 3. The largest absolute Gasteiger partial charge is 0.474 e. The van der Waals surface area contributed by atoms with Crippen LogP contribution in [0.25, 0.3) is 0 Å². The van der Waals surface area contributed by atoms with Crippen molar-refractivity contribution in [1.82, 2.24) is 9.80 Å². The highest BCUT2D eigenvalue weighted by atomic mass is 19.4. The third-order valence-corrected chi connectivity index (χ3v) is 2.25. The van der Waals surface area contributed by atoms with E-state index in [-0.39, 0.29) is 26.2 Å². The molecule has 0 aromatic carbocycles. The number of halogens is 3. The zero-order valence-electron chi connectivity index (χ0n) is 8.33.